The van der Waals surface area contributed by atoms with E-state index in [0.717, 1.165) is 16.7 Å². The minimum Gasteiger partial charge on any atom is -0.491 e. The van der Waals surface area contributed by atoms with Crippen molar-refractivity contribution < 1.29 is 18.7 Å². The van der Waals surface area contributed by atoms with Crippen molar-refractivity contribution in [3.63, 3.8) is 0 Å². The predicted octanol–water partition coefficient (Wildman–Crippen LogP) is 5.41. The zero-order valence-electron chi connectivity index (χ0n) is 17.1. The van der Waals surface area contributed by atoms with Crippen LogP contribution < -0.4 is 15.8 Å². The van der Waals surface area contributed by atoms with E-state index in [1.165, 1.54) is 12.1 Å². The molecule has 6 nitrogen and oxygen atoms in total. The van der Waals surface area contributed by atoms with Crippen molar-refractivity contribution in [2.75, 3.05) is 17.7 Å². The highest BCUT2D eigenvalue weighted by Gasteiger charge is 2.20. The maximum atomic E-state index is 14.8. The number of aromatic nitrogens is 1. The molecule has 29 heavy (non-hydrogen) atoms. The molecular weight excluding hydrogens is 373 g/mol. The van der Waals surface area contributed by atoms with Crippen LogP contribution in [0.15, 0.2) is 36.4 Å². The van der Waals surface area contributed by atoms with Crippen LogP contribution in [-0.2, 0) is 11.3 Å². The fourth-order valence-electron chi connectivity index (χ4n) is 3.39. The third-order valence-electron chi connectivity index (χ3n) is 4.51. The molecule has 3 rings (SSSR count). The quantitative estimate of drug-likeness (QED) is 0.581. The number of amides is 1. The van der Waals surface area contributed by atoms with Gasteiger partial charge in [-0.1, -0.05) is 0 Å². The summed E-state index contributed by atoms with van der Waals surface area (Å²) in [5.41, 5.74) is 9.06. The summed E-state index contributed by atoms with van der Waals surface area (Å²) in [4.78, 5) is 11.7. The van der Waals surface area contributed by atoms with Crippen LogP contribution >= 0.6 is 0 Å². The zero-order valence-corrected chi connectivity index (χ0v) is 17.1. The van der Waals surface area contributed by atoms with Crippen molar-refractivity contribution in [3.8, 4) is 17.0 Å². The number of aryl methyl sites for hydroxylation is 1. The highest BCUT2D eigenvalue weighted by molar-refractivity contribution is 6.02. The fraction of sp³-hybridized carbons (Fsp3) is 0.318. The topological polar surface area (TPSA) is 78.5 Å². The molecule has 0 saturated carbocycles. The van der Waals surface area contributed by atoms with Crippen LogP contribution in [0.2, 0.25) is 0 Å². The maximum absolute atomic E-state index is 14.8. The molecule has 0 aliphatic heterocycles. The molecule has 0 spiro atoms. The van der Waals surface area contributed by atoms with Gasteiger partial charge < -0.3 is 19.8 Å². The Morgan fingerprint density at radius 1 is 1.21 bits per heavy atom. The van der Waals surface area contributed by atoms with E-state index in [4.69, 9.17) is 15.2 Å². The number of nitrogens with zero attached hydrogens (tertiary/aromatic N) is 1. The van der Waals surface area contributed by atoms with E-state index in [-0.39, 0.29) is 12.7 Å². The molecule has 7 heteroatoms. The third kappa shape index (κ3) is 4.13. The molecule has 3 N–H and O–H groups in total. The van der Waals surface area contributed by atoms with Crippen LogP contribution in [0.25, 0.3) is 22.2 Å². The van der Waals surface area contributed by atoms with Gasteiger partial charge in [0.2, 0.25) is 0 Å². The molecule has 2 aromatic carbocycles. The van der Waals surface area contributed by atoms with E-state index in [1.54, 1.807) is 13.0 Å². The molecular formula is C22H26FN3O3. The summed E-state index contributed by atoms with van der Waals surface area (Å²) in [6.07, 6.45) is -0.554. The molecule has 0 fully saturated rings. The number of rotatable bonds is 6. The first-order valence-corrected chi connectivity index (χ1v) is 9.67. The summed E-state index contributed by atoms with van der Waals surface area (Å²) in [5, 5.41) is 3.42. The number of anilines is 2. The second kappa shape index (κ2) is 8.43. The molecule has 1 aromatic heterocycles. The zero-order chi connectivity index (χ0) is 21.1. The monoisotopic (exact) mass is 399 g/mol. The van der Waals surface area contributed by atoms with Crippen LogP contribution in [0.4, 0.5) is 20.6 Å². The van der Waals surface area contributed by atoms with Gasteiger partial charge in [-0.3, -0.25) is 5.32 Å². The van der Waals surface area contributed by atoms with Crippen LogP contribution in [-0.4, -0.2) is 23.4 Å². The number of hydrogen-bond donors (Lipinski definition) is 2. The lowest BCUT2D eigenvalue weighted by Gasteiger charge is -2.13. The number of nitrogens with two attached hydrogens (primary N) is 1. The van der Waals surface area contributed by atoms with E-state index in [1.807, 2.05) is 43.5 Å². The number of carbonyl (C=O) groups excluding carboxylic acids is 1. The maximum Gasteiger partial charge on any atom is 0.411 e. The summed E-state index contributed by atoms with van der Waals surface area (Å²) in [7, 11) is 0. The van der Waals surface area contributed by atoms with E-state index in [2.05, 4.69) is 5.32 Å². The summed E-state index contributed by atoms with van der Waals surface area (Å²) in [5.74, 6) is 0.298. The van der Waals surface area contributed by atoms with Crippen LogP contribution in [0.5, 0.6) is 5.75 Å². The van der Waals surface area contributed by atoms with E-state index < -0.39 is 11.9 Å². The molecule has 1 heterocycles. The minimum atomic E-state index is -0.593. The molecule has 1 amide bonds. The second-order valence-corrected chi connectivity index (χ2v) is 6.89. The number of halogens is 1. The normalized spacial score (nSPS) is 11.1. The van der Waals surface area contributed by atoms with Crippen molar-refractivity contribution in [1.29, 1.82) is 0 Å². The van der Waals surface area contributed by atoms with Crippen LogP contribution in [0.1, 0.15) is 27.7 Å². The lowest BCUT2D eigenvalue weighted by atomic mass is 10.1. The number of fused-ring (bicyclic) bond motifs is 1. The van der Waals surface area contributed by atoms with Gasteiger partial charge in [-0.2, -0.15) is 0 Å². The summed E-state index contributed by atoms with van der Waals surface area (Å²) >= 11 is 0. The van der Waals surface area contributed by atoms with Gasteiger partial charge in [0.15, 0.2) is 0 Å². The largest absolute Gasteiger partial charge is 0.491 e. The second-order valence-electron chi connectivity index (χ2n) is 6.89. The minimum absolute atomic E-state index is 0.0392. The first kappa shape index (κ1) is 20.5. The Hall–Kier alpha value is -3.22. The highest BCUT2D eigenvalue weighted by Crippen LogP contribution is 2.39. The molecule has 0 aliphatic rings. The lowest BCUT2D eigenvalue weighted by molar-refractivity contribution is 0.168. The van der Waals surface area contributed by atoms with Gasteiger partial charge in [-0.15, -0.1) is 0 Å². The van der Waals surface area contributed by atoms with Crippen molar-refractivity contribution in [1.82, 2.24) is 4.57 Å². The van der Waals surface area contributed by atoms with Crippen molar-refractivity contribution in [2.45, 2.75) is 40.3 Å². The Labute approximate surface area is 169 Å². The Bertz CT molecular complexity index is 1040. The number of benzene rings is 2. The summed E-state index contributed by atoms with van der Waals surface area (Å²) < 4.78 is 27.4. The highest BCUT2D eigenvalue weighted by atomic mass is 19.1. The van der Waals surface area contributed by atoms with Crippen LogP contribution in [0, 0.1) is 5.82 Å². The SMILES string of the molecule is CCOC(=O)Nc1ccc(F)c(-c2c(N)c3ccc(OC(C)C)cc3n2CC)c1. The molecule has 3 aromatic rings. The molecule has 0 unspecified atom stereocenters. The number of hydrogen-bond acceptors (Lipinski definition) is 4. The number of ether oxygens (including phenoxy) is 2. The van der Waals surface area contributed by atoms with E-state index in [9.17, 15) is 9.18 Å². The molecule has 0 radical (unpaired) electrons. The van der Waals surface area contributed by atoms with Gasteiger partial charge in [-0.05, 0) is 58.0 Å². The van der Waals surface area contributed by atoms with Gasteiger partial charge in [-0.25, -0.2) is 9.18 Å². The first-order chi connectivity index (χ1) is 13.8. The number of nitrogens with one attached hydrogen (secondary N) is 1. The molecule has 0 saturated heterocycles. The Morgan fingerprint density at radius 2 is 1.97 bits per heavy atom. The number of carbonyl (C=O) groups is 1. The van der Waals surface area contributed by atoms with Crippen molar-refractivity contribution in [3.05, 3.63) is 42.2 Å². The van der Waals surface area contributed by atoms with E-state index >= 15 is 0 Å². The van der Waals surface area contributed by atoms with Crippen molar-refractivity contribution >= 4 is 28.4 Å². The molecule has 154 valence electrons. The predicted molar refractivity (Wildman–Crippen MR) is 114 cm³/mol. The van der Waals surface area contributed by atoms with Crippen LogP contribution in [0.3, 0.4) is 0 Å². The van der Waals surface area contributed by atoms with Gasteiger partial charge in [0.25, 0.3) is 0 Å². The smallest absolute Gasteiger partial charge is 0.411 e. The summed E-state index contributed by atoms with van der Waals surface area (Å²) in [6, 6.07) is 10.0. The fourth-order valence-corrected chi connectivity index (χ4v) is 3.39. The van der Waals surface area contributed by atoms with Crippen molar-refractivity contribution in [2.24, 2.45) is 0 Å². The molecule has 0 bridgehead atoms. The molecule has 0 aliphatic carbocycles. The van der Waals surface area contributed by atoms with Gasteiger partial charge in [0, 0.05) is 29.2 Å². The van der Waals surface area contributed by atoms with Gasteiger partial charge >= 0.3 is 6.09 Å². The average Bonchev–Trinajstić information content (AvgIpc) is 2.94. The lowest BCUT2D eigenvalue weighted by Crippen LogP contribution is -2.13. The number of nitrogen functional groups attached to an aromatic ring is 1. The molecule has 0 atom stereocenters. The van der Waals surface area contributed by atoms with E-state index in [0.29, 0.717) is 29.2 Å². The van der Waals surface area contributed by atoms with Gasteiger partial charge in [0.05, 0.1) is 29.6 Å². The summed E-state index contributed by atoms with van der Waals surface area (Å²) in [6.45, 7) is 8.44. The Morgan fingerprint density at radius 3 is 2.62 bits per heavy atom. The average molecular weight is 399 g/mol. The Balaban J connectivity index is 2.13. The third-order valence-corrected chi connectivity index (χ3v) is 4.51. The van der Waals surface area contributed by atoms with Gasteiger partial charge in [0.1, 0.15) is 11.6 Å². The Kier molecular flexibility index (Phi) is 5.96. The standard InChI is InChI=1S/C22H26FN3O3/c1-5-26-19-12-15(29-13(3)4)8-9-16(19)20(24)21(26)17-11-14(7-10-18(17)23)25-22(27)28-6-2/h7-13H,5-6,24H2,1-4H3,(H,25,27). The first-order valence-electron chi connectivity index (χ1n) is 9.67.